The lowest BCUT2D eigenvalue weighted by molar-refractivity contribution is 0.279. The van der Waals surface area contributed by atoms with Crippen LogP contribution >= 0.6 is 0 Å². The molecule has 1 aromatic heterocycles. The first-order valence-electron chi connectivity index (χ1n) is 8.06. The molecule has 2 fully saturated rings. The van der Waals surface area contributed by atoms with Crippen molar-refractivity contribution in [2.75, 3.05) is 0 Å². The summed E-state index contributed by atoms with van der Waals surface area (Å²) in [5, 5.41) is 11.3. The van der Waals surface area contributed by atoms with Crippen LogP contribution in [0.25, 0.3) is 0 Å². The summed E-state index contributed by atoms with van der Waals surface area (Å²) in [6, 6.07) is 0.301. The average Bonchev–Trinajstić information content (AvgIpc) is 2.84. The van der Waals surface area contributed by atoms with Crippen molar-refractivity contribution in [3.05, 3.63) is 5.82 Å². The maximum Gasteiger partial charge on any atom is 0.166 e. The summed E-state index contributed by atoms with van der Waals surface area (Å²) in [4.78, 5) is 0. The number of nitrogens with zero attached hydrogens (tertiary/aromatic N) is 4. The first-order chi connectivity index (χ1) is 10.1. The van der Waals surface area contributed by atoms with Crippen molar-refractivity contribution < 1.29 is 8.42 Å². The first-order valence-corrected chi connectivity index (χ1v) is 9.78. The van der Waals surface area contributed by atoms with Gasteiger partial charge in [-0.15, -0.1) is 5.10 Å². The van der Waals surface area contributed by atoms with Crippen LogP contribution < -0.4 is 0 Å². The predicted molar refractivity (Wildman–Crippen MR) is 79.4 cm³/mol. The molecule has 0 bridgehead atoms. The average molecular weight is 312 g/mol. The molecule has 21 heavy (non-hydrogen) atoms. The summed E-state index contributed by atoms with van der Waals surface area (Å²) in [6.45, 7) is 1.86. The van der Waals surface area contributed by atoms with Crippen LogP contribution in [-0.2, 0) is 15.6 Å². The zero-order valence-corrected chi connectivity index (χ0v) is 13.4. The van der Waals surface area contributed by atoms with E-state index in [0.29, 0.717) is 17.8 Å². The lowest BCUT2D eigenvalue weighted by Gasteiger charge is -2.28. The molecule has 118 valence electrons. The van der Waals surface area contributed by atoms with Crippen molar-refractivity contribution in [3.8, 4) is 0 Å². The van der Waals surface area contributed by atoms with Gasteiger partial charge in [0.05, 0.1) is 11.3 Å². The Bertz CT molecular complexity index is 574. The lowest BCUT2D eigenvalue weighted by atomic mass is 9.87. The molecule has 2 aliphatic carbocycles. The van der Waals surface area contributed by atoms with Crippen molar-refractivity contribution in [1.82, 2.24) is 20.2 Å². The number of hydrogen-bond donors (Lipinski definition) is 0. The molecule has 1 aromatic rings. The lowest BCUT2D eigenvalue weighted by Crippen LogP contribution is -2.31. The Morgan fingerprint density at radius 1 is 1.14 bits per heavy atom. The molecule has 0 aromatic carbocycles. The molecule has 0 radical (unpaired) electrons. The molecule has 7 heteroatoms. The minimum Gasteiger partial charge on any atom is -0.228 e. The molecule has 0 amide bonds. The van der Waals surface area contributed by atoms with E-state index in [2.05, 4.69) is 15.5 Å². The predicted octanol–water partition coefficient (Wildman–Crippen LogP) is 2.28. The van der Waals surface area contributed by atoms with Crippen LogP contribution in [0.1, 0.15) is 70.2 Å². The van der Waals surface area contributed by atoms with Crippen molar-refractivity contribution in [1.29, 1.82) is 0 Å². The normalized spacial score (nSPS) is 22.9. The standard InChI is InChI=1S/C14H24N4O2S/c1-11(12-6-3-2-4-7-12)21(19,20)10-14-15-16-17-18(14)13-8-5-9-13/h11-13H,2-10H2,1H3. The highest BCUT2D eigenvalue weighted by Crippen LogP contribution is 2.33. The Balaban J connectivity index is 1.71. The van der Waals surface area contributed by atoms with E-state index in [4.69, 9.17) is 0 Å². The summed E-state index contributed by atoms with van der Waals surface area (Å²) >= 11 is 0. The molecule has 3 rings (SSSR count). The highest BCUT2D eigenvalue weighted by Gasteiger charge is 2.33. The third-order valence-corrected chi connectivity index (χ3v) is 7.37. The smallest absolute Gasteiger partial charge is 0.166 e. The van der Waals surface area contributed by atoms with Crippen molar-refractivity contribution in [2.24, 2.45) is 5.92 Å². The van der Waals surface area contributed by atoms with Gasteiger partial charge in [0.2, 0.25) is 0 Å². The topological polar surface area (TPSA) is 77.7 Å². The van der Waals surface area contributed by atoms with Gasteiger partial charge in [0.25, 0.3) is 0 Å². The van der Waals surface area contributed by atoms with Gasteiger partial charge in [-0.25, -0.2) is 13.1 Å². The molecule has 0 saturated heterocycles. The molecular weight excluding hydrogens is 288 g/mol. The molecule has 0 spiro atoms. The second-order valence-electron chi connectivity index (χ2n) is 6.53. The van der Waals surface area contributed by atoms with Gasteiger partial charge in [-0.05, 0) is 55.4 Å². The van der Waals surface area contributed by atoms with Crippen LogP contribution in [0.3, 0.4) is 0 Å². The summed E-state index contributed by atoms with van der Waals surface area (Å²) < 4.78 is 27.1. The van der Waals surface area contributed by atoms with Gasteiger partial charge in [-0.2, -0.15) is 0 Å². The first kappa shape index (κ1) is 14.9. The van der Waals surface area contributed by atoms with Crippen molar-refractivity contribution >= 4 is 9.84 Å². The maximum atomic E-state index is 12.7. The highest BCUT2D eigenvalue weighted by atomic mass is 32.2. The SMILES string of the molecule is CC(C1CCCCC1)S(=O)(=O)Cc1nnnn1C1CCC1. The monoisotopic (exact) mass is 312 g/mol. The molecule has 0 aliphatic heterocycles. The minimum atomic E-state index is -3.19. The molecule has 2 aliphatic rings. The Hall–Kier alpha value is -0.980. The zero-order chi connectivity index (χ0) is 14.9. The second-order valence-corrected chi connectivity index (χ2v) is 8.89. The number of hydrogen-bond acceptors (Lipinski definition) is 5. The van der Waals surface area contributed by atoms with E-state index < -0.39 is 9.84 Å². The number of rotatable bonds is 5. The van der Waals surface area contributed by atoms with Gasteiger partial charge < -0.3 is 0 Å². The molecule has 1 atom stereocenters. The third kappa shape index (κ3) is 3.12. The van der Waals surface area contributed by atoms with Gasteiger partial charge in [-0.1, -0.05) is 19.3 Å². The van der Waals surface area contributed by atoms with Crippen LogP contribution in [-0.4, -0.2) is 33.9 Å². The van der Waals surface area contributed by atoms with Gasteiger partial charge in [-0.3, -0.25) is 0 Å². The number of sulfone groups is 1. The van der Waals surface area contributed by atoms with Gasteiger partial charge in [0, 0.05) is 0 Å². The number of aromatic nitrogens is 4. The fourth-order valence-corrected chi connectivity index (χ4v) is 5.10. The molecule has 1 unspecified atom stereocenters. The second kappa shape index (κ2) is 6.02. The van der Waals surface area contributed by atoms with Gasteiger partial charge >= 0.3 is 0 Å². The highest BCUT2D eigenvalue weighted by molar-refractivity contribution is 7.91. The minimum absolute atomic E-state index is 0.0197. The zero-order valence-electron chi connectivity index (χ0n) is 12.6. The molecule has 6 nitrogen and oxygen atoms in total. The van der Waals surface area contributed by atoms with E-state index in [-0.39, 0.29) is 11.0 Å². The fourth-order valence-electron chi connectivity index (χ4n) is 3.43. The molecular formula is C14H24N4O2S. The largest absolute Gasteiger partial charge is 0.228 e. The number of tetrazole rings is 1. The van der Waals surface area contributed by atoms with E-state index in [1.165, 1.54) is 12.8 Å². The Labute approximate surface area is 126 Å². The van der Waals surface area contributed by atoms with Crippen LogP contribution in [0.4, 0.5) is 0 Å². The van der Waals surface area contributed by atoms with Crippen LogP contribution in [0.2, 0.25) is 0 Å². The molecule has 2 saturated carbocycles. The Kier molecular flexibility index (Phi) is 4.28. The van der Waals surface area contributed by atoms with Gasteiger partial charge in [0.1, 0.15) is 5.75 Å². The van der Waals surface area contributed by atoms with Crippen molar-refractivity contribution in [2.45, 2.75) is 75.3 Å². The van der Waals surface area contributed by atoms with Crippen LogP contribution in [0, 0.1) is 5.92 Å². The maximum absolute atomic E-state index is 12.7. The Morgan fingerprint density at radius 2 is 1.86 bits per heavy atom. The van der Waals surface area contributed by atoms with E-state index in [0.717, 1.165) is 38.5 Å². The fraction of sp³-hybridized carbons (Fsp3) is 0.929. The van der Waals surface area contributed by atoms with E-state index in [1.54, 1.807) is 4.68 Å². The molecule has 1 heterocycles. The van der Waals surface area contributed by atoms with Crippen molar-refractivity contribution in [3.63, 3.8) is 0 Å². The Morgan fingerprint density at radius 3 is 2.48 bits per heavy atom. The summed E-state index contributed by atoms with van der Waals surface area (Å²) in [7, 11) is -3.19. The van der Waals surface area contributed by atoms with E-state index >= 15 is 0 Å². The summed E-state index contributed by atoms with van der Waals surface area (Å²) in [5.41, 5.74) is 0. The summed E-state index contributed by atoms with van der Waals surface area (Å²) in [5.74, 6) is 0.799. The quantitative estimate of drug-likeness (QED) is 0.833. The van der Waals surface area contributed by atoms with Gasteiger partial charge in [0.15, 0.2) is 15.7 Å². The van der Waals surface area contributed by atoms with Crippen LogP contribution in [0.5, 0.6) is 0 Å². The third-order valence-electron chi connectivity index (χ3n) is 5.19. The van der Waals surface area contributed by atoms with Crippen LogP contribution in [0.15, 0.2) is 0 Å². The summed E-state index contributed by atoms with van der Waals surface area (Å²) in [6.07, 6.45) is 8.90. The molecule has 0 N–H and O–H groups in total. The van der Waals surface area contributed by atoms with E-state index in [1.807, 2.05) is 6.92 Å². The van der Waals surface area contributed by atoms with E-state index in [9.17, 15) is 8.42 Å².